The van der Waals surface area contributed by atoms with Crippen LogP contribution >= 0.6 is 0 Å². The van der Waals surface area contributed by atoms with Crippen LogP contribution in [0.25, 0.3) is 0 Å². The van der Waals surface area contributed by atoms with E-state index in [1.54, 1.807) is 6.20 Å². The van der Waals surface area contributed by atoms with E-state index in [0.29, 0.717) is 5.69 Å². The lowest BCUT2D eigenvalue weighted by molar-refractivity contribution is -0.137. The first-order valence-corrected chi connectivity index (χ1v) is 5.10. The molecule has 0 aliphatic carbocycles. The molecule has 90 valence electrons. The first-order chi connectivity index (χ1) is 7.30. The van der Waals surface area contributed by atoms with Gasteiger partial charge in [-0.1, -0.05) is 26.0 Å². The van der Waals surface area contributed by atoms with Gasteiger partial charge >= 0.3 is 5.97 Å². The van der Waals surface area contributed by atoms with Crippen molar-refractivity contribution in [1.29, 1.82) is 0 Å². The molecule has 0 aromatic carbocycles. The maximum Gasteiger partial charge on any atom is 0.305 e. The van der Waals surface area contributed by atoms with E-state index < -0.39 is 12.1 Å². The topological polar surface area (TPSA) is 88.2 Å². The minimum atomic E-state index is -0.881. The highest BCUT2D eigenvalue weighted by molar-refractivity contribution is 5.66. The van der Waals surface area contributed by atoms with Crippen LogP contribution in [0.3, 0.4) is 0 Å². The first kappa shape index (κ1) is 12.6. The number of nitrogens with zero attached hydrogens (tertiary/aromatic N) is 3. The fourth-order valence-electron chi connectivity index (χ4n) is 1.20. The molecule has 0 aliphatic heterocycles. The van der Waals surface area contributed by atoms with Gasteiger partial charge in [0.25, 0.3) is 0 Å². The second kappa shape index (κ2) is 4.61. The van der Waals surface area contributed by atoms with Crippen molar-refractivity contribution in [3.63, 3.8) is 0 Å². The second-order valence-corrected chi connectivity index (χ2v) is 4.82. The van der Waals surface area contributed by atoms with Gasteiger partial charge in [-0.05, 0) is 5.41 Å². The van der Waals surface area contributed by atoms with Gasteiger partial charge < -0.3 is 10.2 Å². The monoisotopic (exact) mass is 227 g/mol. The van der Waals surface area contributed by atoms with Gasteiger partial charge in [0.1, 0.15) is 11.8 Å². The van der Waals surface area contributed by atoms with Crippen molar-refractivity contribution in [3.05, 3.63) is 11.9 Å². The number of aliphatic hydroxyl groups is 1. The van der Waals surface area contributed by atoms with E-state index in [1.807, 2.05) is 20.8 Å². The Labute approximate surface area is 93.9 Å². The van der Waals surface area contributed by atoms with Gasteiger partial charge in [0, 0.05) is 0 Å². The van der Waals surface area contributed by atoms with Crippen LogP contribution in [0.1, 0.15) is 39.0 Å². The quantitative estimate of drug-likeness (QED) is 0.795. The molecule has 1 unspecified atom stereocenters. The highest BCUT2D eigenvalue weighted by Gasteiger charge is 2.26. The maximum absolute atomic E-state index is 10.4. The van der Waals surface area contributed by atoms with E-state index in [4.69, 9.17) is 5.11 Å². The van der Waals surface area contributed by atoms with Gasteiger partial charge in [0.05, 0.1) is 19.2 Å². The summed E-state index contributed by atoms with van der Waals surface area (Å²) in [6, 6.07) is 0. The molecular weight excluding hydrogens is 210 g/mol. The number of rotatable bonds is 4. The zero-order valence-electron chi connectivity index (χ0n) is 9.71. The molecule has 0 spiro atoms. The molecule has 1 rings (SSSR count). The van der Waals surface area contributed by atoms with E-state index in [2.05, 4.69) is 10.3 Å². The number of carbonyl (C=O) groups is 1. The Morgan fingerprint density at radius 1 is 1.56 bits per heavy atom. The van der Waals surface area contributed by atoms with Gasteiger partial charge in [-0.25, -0.2) is 0 Å². The number of aliphatic carboxylic acids is 1. The van der Waals surface area contributed by atoms with Crippen molar-refractivity contribution >= 4 is 5.97 Å². The zero-order valence-corrected chi connectivity index (χ0v) is 9.71. The summed E-state index contributed by atoms with van der Waals surface area (Å²) in [5.41, 5.74) is 0.158. The molecule has 0 bridgehead atoms. The molecule has 0 saturated carbocycles. The molecule has 1 aromatic rings. The van der Waals surface area contributed by atoms with E-state index in [9.17, 15) is 9.90 Å². The SMILES string of the molecule is CC(C)(C)C(O)c1cn(CCC(=O)O)nn1. The second-order valence-electron chi connectivity index (χ2n) is 4.82. The molecule has 6 heteroatoms. The number of hydrogen-bond acceptors (Lipinski definition) is 4. The predicted molar refractivity (Wildman–Crippen MR) is 56.7 cm³/mol. The molecule has 6 nitrogen and oxygen atoms in total. The van der Waals surface area contributed by atoms with Crippen molar-refractivity contribution in [2.24, 2.45) is 5.41 Å². The van der Waals surface area contributed by atoms with Gasteiger partial charge in [0.2, 0.25) is 0 Å². The molecule has 1 atom stereocenters. The van der Waals surface area contributed by atoms with E-state index >= 15 is 0 Å². The van der Waals surface area contributed by atoms with Crippen LogP contribution in [0.2, 0.25) is 0 Å². The summed E-state index contributed by atoms with van der Waals surface area (Å²) in [4.78, 5) is 10.4. The van der Waals surface area contributed by atoms with Crippen molar-refractivity contribution in [3.8, 4) is 0 Å². The first-order valence-electron chi connectivity index (χ1n) is 5.10. The Kier molecular flexibility index (Phi) is 3.64. The third-order valence-corrected chi connectivity index (χ3v) is 2.21. The van der Waals surface area contributed by atoms with Crippen molar-refractivity contribution in [1.82, 2.24) is 15.0 Å². The van der Waals surface area contributed by atoms with Crippen molar-refractivity contribution in [2.45, 2.75) is 39.8 Å². The number of aliphatic hydroxyl groups excluding tert-OH is 1. The summed E-state index contributed by atoms with van der Waals surface area (Å²) in [5.74, 6) is -0.881. The molecular formula is C10H17N3O3. The smallest absolute Gasteiger partial charge is 0.305 e. The highest BCUT2D eigenvalue weighted by Crippen LogP contribution is 2.30. The third-order valence-electron chi connectivity index (χ3n) is 2.21. The van der Waals surface area contributed by atoms with Crippen LogP contribution in [0.15, 0.2) is 6.20 Å². The normalized spacial score (nSPS) is 13.8. The molecule has 2 N–H and O–H groups in total. The molecule has 0 saturated heterocycles. The largest absolute Gasteiger partial charge is 0.481 e. The summed E-state index contributed by atoms with van der Waals surface area (Å²) >= 11 is 0. The number of carboxylic acid groups (broad SMARTS) is 1. The predicted octanol–water partition coefficient (Wildman–Crippen LogP) is 0.832. The molecule has 0 radical (unpaired) electrons. The van der Waals surface area contributed by atoms with Gasteiger partial charge in [0.15, 0.2) is 0 Å². The third kappa shape index (κ3) is 3.30. The standard InChI is InChI=1S/C10H17N3O3/c1-10(2,3)9(16)7-6-13(12-11-7)5-4-8(14)15/h6,9,16H,4-5H2,1-3H3,(H,14,15). The van der Waals surface area contributed by atoms with Crippen LogP contribution in [0.4, 0.5) is 0 Å². The lowest BCUT2D eigenvalue weighted by atomic mass is 9.87. The lowest BCUT2D eigenvalue weighted by Crippen LogP contribution is -2.18. The molecule has 16 heavy (non-hydrogen) atoms. The van der Waals surface area contributed by atoms with Crippen LogP contribution in [-0.2, 0) is 11.3 Å². The molecule has 0 fully saturated rings. The van der Waals surface area contributed by atoms with E-state index in [0.717, 1.165) is 0 Å². The lowest BCUT2D eigenvalue weighted by Gasteiger charge is -2.23. The Hall–Kier alpha value is -1.43. The maximum atomic E-state index is 10.4. The summed E-state index contributed by atoms with van der Waals surface area (Å²) in [7, 11) is 0. The van der Waals surface area contributed by atoms with Crippen molar-refractivity contribution in [2.75, 3.05) is 0 Å². The molecule has 1 aromatic heterocycles. The average molecular weight is 227 g/mol. The number of aromatic nitrogens is 3. The Morgan fingerprint density at radius 3 is 2.69 bits per heavy atom. The number of aryl methyl sites for hydroxylation is 1. The molecule has 0 aliphatic rings. The van der Waals surface area contributed by atoms with Crippen LogP contribution in [0.5, 0.6) is 0 Å². The fourth-order valence-corrected chi connectivity index (χ4v) is 1.20. The van der Waals surface area contributed by atoms with Crippen molar-refractivity contribution < 1.29 is 15.0 Å². The van der Waals surface area contributed by atoms with Crippen LogP contribution in [-0.4, -0.2) is 31.2 Å². The number of hydrogen-bond donors (Lipinski definition) is 2. The van der Waals surface area contributed by atoms with Crippen LogP contribution in [0, 0.1) is 5.41 Å². The summed E-state index contributed by atoms with van der Waals surface area (Å²) in [5, 5.41) is 26.0. The van der Waals surface area contributed by atoms with E-state index in [-0.39, 0.29) is 18.4 Å². The molecule has 1 heterocycles. The summed E-state index contributed by atoms with van der Waals surface area (Å²) in [6.07, 6.45) is 0.874. The minimum Gasteiger partial charge on any atom is -0.481 e. The minimum absolute atomic E-state index is 0.00554. The van der Waals surface area contributed by atoms with E-state index in [1.165, 1.54) is 4.68 Å². The summed E-state index contributed by atoms with van der Waals surface area (Å²) in [6.45, 7) is 5.95. The Balaban J connectivity index is 2.68. The average Bonchev–Trinajstić information content (AvgIpc) is 2.60. The Bertz CT molecular complexity index is 368. The highest BCUT2D eigenvalue weighted by atomic mass is 16.4. The zero-order chi connectivity index (χ0) is 12.3. The fraction of sp³-hybridized carbons (Fsp3) is 0.700. The van der Waals surface area contributed by atoms with Crippen LogP contribution < -0.4 is 0 Å². The van der Waals surface area contributed by atoms with Gasteiger partial charge in [-0.2, -0.15) is 0 Å². The van der Waals surface area contributed by atoms with Gasteiger partial charge in [-0.3, -0.25) is 9.48 Å². The van der Waals surface area contributed by atoms with Gasteiger partial charge in [-0.15, -0.1) is 5.10 Å². The molecule has 0 amide bonds. The Morgan fingerprint density at radius 2 is 2.19 bits per heavy atom. The summed E-state index contributed by atoms with van der Waals surface area (Å²) < 4.78 is 1.43. The number of carboxylic acids is 1.